The summed E-state index contributed by atoms with van der Waals surface area (Å²) in [5.41, 5.74) is 5.31. The van der Waals surface area contributed by atoms with Crippen molar-refractivity contribution in [2.75, 3.05) is 11.9 Å². The third-order valence-electron chi connectivity index (χ3n) is 4.27. The van der Waals surface area contributed by atoms with E-state index < -0.39 is 12.0 Å². The average molecular weight is 313 g/mol. The van der Waals surface area contributed by atoms with Gasteiger partial charge in [-0.25, -0.2) is 9.38 Å². The second-order valence-electron chi connectivity index (χ2n) is 5.74. The van der Waals surface area contributed by atoms with Crippen LogP contribution in [0.15, 0.2) is 40.0 Å². The van der Waals surface area contributed by atoms with Crippen LogP contribution in [0.3, 0.4) is 0 Å². The third-order valence-corrected chi connectivity index (χ3v) is 4.27. The average Bonchev–Trinajstić information content (AvgIpc) is 3.08. The van der Waals surface area contributed by atoms with Crippen LogP contribution in [0.5, 0.6) is 0 Å². The van der Waals surface area contributed by atoms with Crippen molar-refractivity contribution < 1.29 is 9.18 Å². The number of hydrogen-bond acceptors (Lipinski definition) is 5. The molecular weight excluding hydrogens is 297 g/mol. The molecule has 118 valence electrons. The summed E-state index contributed by atoms with van der Waals surface area (Å²) in [6, 6.07) is 3.94. The second kappa shape index (κ2) is 5.19. The van der Waals surface area contributed by atoms with E-state index in [1.54, 1.807) is 6.07 Å². The first-order valence-corrected chi connectivity index (χ1v) is 7.63. The number of amidine groups is 1. The van der Waals surface area contributed by atoms with Gasteiger partial charge in [-0.05, 0) is 30.2 Å². The van der Waals surface area contributed by atoms with Crippen molar-refractivity contribution >= 4 is 23.8 Å². The van der Waals surface area contributed by atoms with E-state index in [-0.39, 0.29) is 11.7 Å². The lowest BCUT2D eigenvalue weighted by molar-refractivity contribution is -0.117. The first kappa shape index (κ1) is 13.9. The molecular formula is C16H16FN5O. The molecule has 0 radical (unpaired) electrons. The number of halogens is 1. The Labute approximate surface area is 132 Å². The Morgan fingerprint density at radius 2 is 2.26 bits per heavy atom. The van der Waals surface area contributed by atoms with Crippen LogP contribution in [-0.2, 0) is 4.79 Å². The smallest absolute Gasteiger partial charge is 0.234 e. The molecule has 0 spiro atoms. The maximum Gasteiger partial charge on any atom is 0.234 e. The van der Waals surface area contributed by atoms with Crippen molar-refractivity contribution in [1.82, 2.24) is 10.4 Å². The topological polar surface area (TPSA) is 69.1 Å². The quantitative estimate of drug-likeness (QED) is 0.894. The molecule has 3 heterocycles. The van der Waals surface area contributed by atoms with Crippen LogP contribution in [0.2, 0.25) is 0 Å². The second-order valence-corrected chi connectivity index (χ2v) is 5.74. The summed E-state index contributed by atoms with van der Waals surface area (Å²) in [6.45, 7) is 2.89. The highest BCUT2D eigenvalue weighted by Crippen LogP contribution is 2.40. The fourth-order valence-electron chi connectivity index (χ4n) is 3.26. The van der Waals surface area contributed by atoms with Crippen LogP contribution in [0.4, 0.5) is 10.1 Å². The Kier molecular flexibility index (Phi) is 3.14. The first-order chi connectivity index (χ1) is 11.2. The number of anilines is 1. The maximum atomic E-state index is 13.6. The number of carbonyl (C=O) groups is 1. The molecule has 2 unspecified atom stereocenters. The Morgan fingerprint density at radius 3 is 3.09 bits per heavy atom. The maximum absolute atomic E-state index is 13.6. The van der Waals surface area contributed by atoms with Gasteiger partial charge in [0.15, 0.2) is 5.84 Å². The van der Waals surface area contributed by atoms with Gasteiger partial charge < -0.3 is 10.7 Å². The van der Waals surface area contributed by atoms with Gasteiger partial charge in [0.05, 0.1) is 12.0 Å². The van der Waals surface area contributed by atoms with Crippen LogP contribution in [0.1, 0.15) is 24.8 Å². The minimum Gasteiger partial charge on any atom is -0.325 e. The van der Waals surface area contributed by atoms with Crippen LogP contribution in [0.25, 0.3) is 0 Å². The molecule has 2 atom stereocenters. The van der Waals surface area contributed by atoms with Crippen LogP contribution in [-0.4, -0.2) is 35.7 Å². The van der Waals surface area contributed by atoms with Crippen LogP contribution >= 0.6 is 0 Å². The predicted octanol–water partition coefficient (Wildman–Crippen LogP) is 1.78. The van der Waals surface area contributed by atoms with Crippen molar-refractivity contribution in [2.45, 2.75) is 25.3 Å². The molecule has 0 bridgehead atoms. The summed E-state index contributed by atoms with van der Waals surface area (Å²) >= 11 is 0. The molecule has 1 amide bonds. The summed E-state index contributed by atoms with van der Waals surface area (Å²) in [4.78, 5) is 21.2. The normalized spacial score (nSPS) is 24.6. The van der Waals surface area contributed by atoms with E-state index in [4.69, 9.17) is 0 Å². The van der Waals surface area contributed by atoms with Crippen molar-refractivity contribution in [2.24, 2.45) is 9.98 Å². The first-order valence-electron chi connectivity index (χ1n) is 7.63. The van der Waals surface area contributed by atoms with Gasteiger partial charge in [0.1, 0.15) is 12.2 Å². The molecule has 1 aromatic carbocycles. The SMILES string of the molecule is CCCN1NC=C2C1=NC=NC2C1C(=O)Nc2ccc(F)cc21. The van der Waals surface area contributed by atoms with Gasteiger partial charge in [0, 0.05) is 24.0 Å². The minimum atomic E-state index is -0.544. The highest BCUT2D eigenvalue weighted by atomic mass is 19.1. The van der Waals surface area contributed by atoms with Gasteiger partial charge in [-0.15, -0.1) is 0 Å². The van der Waals surface area contributed by atoms with E-state index in [0.29, 0.717) is 11.3 Å². The summed E-state index contributed by atoms with van der Waals surface area (Å²) < 4.78 is 13.6. The van der Waals surface area contributed by atoms with Gasteiger partial charge in [0.25, 0.3) is 0 Å². The molecule has 0 aromatic heterocycles. The van der Waals surface area contributed by atoms with E-state index in [1.165, 1.54) is 18.5 Å². The highest BCUT2D eigenvalue weighted by Gasteiger charge is 2.42. The fourth-order valence-corrected chi connectivity index (χ4v) is 3.26. The van der Waals surface area contributed by atoms with Crippen molar-refractivity contribution in [3.8, 4) is 0 Å². The fraction of sp³-hybridized carbons (Fsp3) is 0.312. The number of hydrazine groups is 1. The number of benzene rings is 1. The number of rotatable bonds is 3. The van der Waals surface area contributed by atoms with E-state index in [9.17, 15) is 9.18 Å². The lowest BCUT2D eigenvalue weighted by atomic mass is 9.87. The lowest BCUT2D eigenvalue weighted by Crippen LogP contribution is -2.39. The standard InChI is InChI=1S/C16H16FN5O/c1-2-5-22-15-11(7-20-22)14(18-8-19-15)13-10-6-9(17)3-4-12(10)21-16(13)23/h3-4,6-8,13-14,20H,2,5H2,1H3,(H,21,23). The Balaban J connectivity index is 1.70. The molecule has 1 aromatic rings. The van der Waals surface area contributed by atoms with Gasteiger partial charge in [-0.3, -0.25) is 14.8 Å². The van der Waals surface area contributed by atoms with Crippen molar-refractivity contribution in [3.63, 3.8) is 0 Å². The molecule has 4 rings (SSSR count). The largest absolute Gasteiger partial charge is 0.325 e. The van der Waals surface area contributed by atoms with Crippen LogP contribution in [0, 0.1) is 5.82 Å². The Morgan fingerprint density at radius 1 is 1.39 bits per heavy atom. The van der Waals surface area contributed by atoms with Gasteiger partial charge in [0.2, 0.25) is 5.91 Å². The van der Waals surface area contributed by atoms with E-state index >= 15 is 0 Å². The number of aliphatic imine (C=N–C) groups is 2. The van der Waals surface area contributed by atoms with Gasteiger partial charge >= 0.3 is 0 Å². The molecule has 3 aliphatic heterocycles. The zero-order valence-electron chi connectivity index (χ0n) is 12.6. The minimum absolute atomic E-state index is 0.163. The Hall–Kier alpha value is -2.70. The number of nitrogens with zero attached hydrogens (tertiary/aromatic N) is 3. The van der Waals surface area contributed by atoms with Crippen molar-refractivity contribution in [1.29, 1.82) is 0 Å². The molecule has 0 aliphatic carbocycles. The lowest BCUT2D eigenvalue weighted by Gasteiger charge is -2.25. The summed E-state index contributed by atoms with van der Waals surface area (Å²) in [5.74, 6) is -0.282. The zero-order valence-corrected chi connectivity index (χ0v) is 12.6. The number of hydrogen-bond donors (Lipinski definition) is 2. The third kappa shape index (κ3) is 2.11. The zero-order chi connectivity index (χ0) is 16.0. The van der Waals surface area contributed by atoms with Crippen LogP contribution < -0.4 is 10.7 Å². The molecule has 6 nitrogen and oxygen atoms in total. The molecule has 0 fully saturated rings. The Bertz CT molecular complexity index is 770. The summed E-state index contributed by atoms with van der Waals surface area (Å²) in [7, 11) is 0. The van der Waals surface area contributed by atoms with E-state index in [2.05, 4.69) is 27.7 Å². The molecule has 0 saturated carbocycles. The number of nitrogens with one attached hydrogen (secondary N) is 2. The van der Waals surface area contributed by atoms with E-state index in [1.807, 2.05) is 11.2 Å². The number of carbonyl (C=O) groups excluding carboxylic acids is 1. The molecule has 7 heteroatoms. The highest BCUT2D eigenvalue weighted by molar-refractivity contribution is 6.10. The summed E-state index contributed by atoms with van der Waals surface area (Å²) in [6.07, 6.45) is 4.28. The molecule has 0 saturated heterocycles. The van der Waals surface area contributed by atoms with Gasteiger partial charge in [-0.1, -0.05) is 6.92 Å². The summed E-state index contributed by atoms with van der Waals surface area (Å²) in [5, 5.41) is 4.75. The van der Waals surface area contributed by atoms with E-state index in [0.717, 1.165) is 24.4 Å². The number of amides is 1. The monoisotopic (exact) mass is 313 g/mol. The number of fused-ring (bicyclic) bond motifs is 2. The van der Waals surface area contributed by atoms with Gasteiger partial charge in [-0.2, -0.15) is 0 Å². The van der Waals surface area contributed by atoms with Crippen molar-refractivity contribution in [3.05, 3.63) is 41.4 Å². The molecule has 23 heavy (non-hydrogen) atoms. The molecule has 3 aliphatic rings. The molecule has 2 N–H and O–H groups in total. The predicted molar refractivity (Wildman–Crippen MR) is 85.7 cm³/mol.